The number of hydrogen-bond donors (Lipinski definition) is 1. The lowest BCUT2D eigenvalue weighted by Crippen LogP contribution is -2.50. The Morgan fingerprint density at radius 1 is 1.48 bits per heavy atom. The molecule has 1 saturated heterocycles. The molecule has 1 aliphatic rings. The summed E-state index contributed by atoms with van der Waals surface area (Å²) in [5.74, 6) is -0.844. The number of carbonyl (C=O) groups is 2. The van der Waals surface area contributed by atoms with Gasteiger partial charge >= 0.3 is 5.97 Å². The second-order valence-corrected chi connectivity index (χ2v) is 7.16. The van der Waals surface area contributed by atoms with Crippen LogP contribution >= 0.6 is 11.3 Å². The number of amides is 1. The number of likely N-dealkylation sites (tertiary alicyclic amines) is 1. The molecule has 0 unspecified atom stereocenters. The second-order valence-electron chi connectivity index (χ2n) is 6.17. The van der Waals surface area contributed by atoms with Crippen molar-refractivity contribution in [3.05, 3.63) is 21.9 Å². The molecular weight excluding hydrogens is 314 g/mol. The first kappa shape index (κ1) is 17.9. The van der Waals surface area contributed by atoms with E-state index in [1.807, 2.05) is 11.4 Å². The SMILES string of the molecule is CCc1cc(C(=O)N2CCC[C@@](CCCOC)(C(=O)O)C2)cs1. The van der Waals surface area contributed by atoms with Gasteiger partial charge < -0.3 is 14.7 Å². The third kappa shape index (κ3) is 4.12. The zero-order valence-corrected chi connectivity index (χ0v) is 14.7. The van der Waals surface area contributed by atoms with Crippen LogP contribution in [0.25, 0.3) is 0 Å². The highest BCUT2D eigenvalue weighted by Crippen LogP contribution is 2.36. The van der Waals surface area contributed by atoms with Gasteiger partial charge in [-0.15, -0.1) is 11.3 Å². The minimum absolute atomic E-state index is 0.0435. The molecule has 0 aliphatic carbocycles. The number of piperidine rings is 1. The molecule has 2 rings (SSSR count). The monoisotopic (exact) mass is 339 g/mol. The molecule has 1 aromatic rings. The van der Waals surface area contributed by atoms with Crippen LogP contribution in [0.3, 0.4) is 0 Å². The Morgan fingerprint density at radius 2 is 2.26 bits per heavy atom. The van der Waals surface area contributed by atoms with Crippen LogP contribution < -0.4 is 0 Å². The molecule has 6 heteroatoms. The number of nitrogens with zero attached hydrogens (tertiary/aromatic N) is 1. The maximum atomic E-state index is 12.7. The van der Waals surface area contributed by atoms with Gasteiger partial charge in [0, 0.05) is 37.1 Å². The molecule has 128 valence electrons. The van der Waals surface area contributed by atoms with E-state index in [1.54, 1.807) is 23.3 Å². The lowest BCUT2D eigenvalue weighted by Gasteiger charge is -2.40. The first-order chi connectivity index (χ1) is 11.0. The summed E-state index contributed by atoms with van der Waals surface area (Å²) >= 11 is 1.58. The van der Waals surface area contributed by atoms with Crippen molar-refractivity contribution in [1.29, 1.82) is 0 Å². The minimum atomic E-state index is -0.837. The van der Waals surface area contributed by atoms with Crippen molar-refractivity contribution in [2.24, 2.45) is 5.41 Å². The first-order valence-electron chi connectivity index (χ1n) is 8.11. The largest absolute Gasteiger partial charge is 0.481 e. The summed E-state index contributed by atoms with van der Waals surface area (Å²) < 4.78 is 5.04. The van der Waals surface area contributed by atoms with Crippen LogP contribution in [0, 0.1) is 5.41 Å². The van der Waals surface area contributed by atoms with Gasteiger partial charge in [-0.05, 0) is 38.2 Å². The van der Waals surface area contributed by atoms with Crippen LogP contribution in [0.5, 0.6) is 0 Å². The van der Waals surface area contributed by atoms with Crippen molar-refractivity contribution in [2.75, 3.05) is 26.8 Å². The van der Waals surface area contributed by atoms with Crippen LogP contribution in [-0.2, 0) is 16.0 Å². The second kappa shape index (κ2) is 7.93. The molecule has 1 fully saturated rings. The molecule has 1 atom stereocenters. The fourth-order valence-electron chi connectivity index (χ4n) is 3.21. The summed E-state index contributed by atoms with van der Waals surface area (Å²) in [5.41, 5.74) is -0.152. The van der Waals surface area contributed by atoms with E-state index in [0.717, 1.165) is 12.8 Å². The third-order valence-corrected chi connectivity index (χ3v) is 5.65. The predicted molar refractivity (Wildman–Crippen MR) is 90.0 cm³/mol. The van der Waals surface area contributed by atoms with E-state index >= 15 is 0 Å². The van der Waals surface area contributed by atoms with Crippen molar-refractivity contribution in [3.63, 3.8) is 0 Å². The van der Waals surface area contributed by atoms with Crippen molar-refractivity contribution >= 4 is 23.2 Å². The number of carboxylic acids is 1. The summed E-state index contributed by atoms with van der Waals surface area (Å²) in [7, 11) is 1.62. The first-order valence-corrected chi connectivity index (χ1v) is 8.99. The average Bonchev–Trinajstić information content (AvgIpc) is 3.03. The highest BCUT2D eigenvalue weighted by molar-refractivity contribution is 7.10. The number of hydrogen-bond acceptors (Lipinski definition) is 4. The van der Waals surface area contributed by atoms with Crippen LogP contribution in [0.4, 0.5) is 0 Å². The third-order valence-electron chi connectivity index (χ3n) is 4.57. The Balaban J connectivity index is 2.10. The quantitative estimate of drug-likeness (QED) is 0.775. The van der Waals surface area contributed by atoms with E-state index in [1.165, 1.54) is 4.88 Å². The molecule has 2 heterocycles. The Hall–Kier alpha value is -1.40. The normalized spacial score (nSPS) is 21.4. The molecule has 1 aliphatic heterocycles. The lowest BCUT2D eigenvalue weighted by molar-refractivity contribution is -0.152. The number of carboxylic acid groups (broad SMARTS) is 1. The van der Waals surface area contributed by atoms with Gasteiger partial charge in [0.05, 0.1) is 11.0 Å². The summed E-state index contributed by atoms with van der Waals surface area (Å²) in [5, 5.41) is 11.6. The van der Waals surface area contributed by atoms with Gasteiger partial charge in [-0.1, -0.05) is 6.92 Å². The van der Waals surface area contributed by atoms with Gasteiger partial charge in [-0.3, -0.25) is 9.59 Å². The summed E-state index contributed by atoms with van der Waals surface area (Å²) in [6.07, 6.45) is 3.51. The predicted octanol–water partition coefficient (Wildman–Crippen LogP) is 3.04. The van der Waals surface area contributed by atoms with Crippen molar-refractivity contribution in [3.8, 4) is 0 Å². The lowest BCUT2D eigenvalue weighted by atomic mass is 9.76. The topological polar surface area (TPSA) is 66.8 Å². The van der Waals surface area contributed by atoms with Crippen molar-refractivity contribution < 1.29 is 19.4 Å². The molecule has 0 spiro atoms. The zero-order valence-electron chi connectivity index (χ0n) is 13.8. The number of carbonyl (C=O) groups excluding carboxylic acids is 1. The van der Waals surface area contributed by atoms with E-state index in [-0.39, 0.29) is 5.91 Å². The van der Waals surface area contributed by atoms with Gasteiger partial charge in [0.1, 0.15) is 0 Å². The highest BCUT2D eigenvalue weighted by Gasteiger charge is 2.43. The molecule has 0 bridgehead atoms. The van der Waals surface area contributed by atoms with Crippen molar-refractivity contribution in [2.45, 2.75) is 39.0 Å². The Bertz CT molecular complexity index is 557. The van der Waals surface area contributed by atoms with E-state index in [0.29, 0.717) is 44.5 Å². The molecule has 1 N–H and O–H groups in total. The van der Waals surface area contributed by atoms with Gasteiger partial charge in [-0.2, -0.15) is 0 Å². The fourth-order valence-corrected chi connectivity index (χ4v) is 4.02. The maximum absolute atomic E-state index is 12.7. The number of aliphatic carboxylic acids is 1. The van der Waals surface area contributed by atoms with Gasteiger partial charge in [0.25, 0.3) is 5.91 Å². The van der Waals surface area contributed by atoms with E-state index in [9.17, 15) is 14.7 Å². The number of methoxy groups -OCH3 is 1. The van der Waals surface area contributed by atoms with E-state index < -0.39 is 11.4 Å². The van der Waals surface area contributed by atoms with Crippen LogP contribution in [0.1, 0.15) is 47.8 Å². The van der Waals surface area contributed by atoms with Crippen molar-refractivity contribution in [1.82, 2.24) is 4.90 Å². The number of ether oxygens (including phenoxy) is 1. The van der Waals surface area contributed by atoms with Gasteiger partial charge in [0.15, 0.2) is 0 Å². The molecule has 0 saturated carbocycles. The summed E-state index contributed by atoms with van der Waals surface area (Å²) in [6, 6.07) is 1.93. The Kier molecular flexibility index (Phi) is 6.18. The average molecular weight is 339 g/mol. The molecule has 0 radical (unpaired) electrons. The summed E-state index contributed by atoms with van der Waals surface area (Å²) in [4.78, 5) is 27.4. The number of aryl methyl sites for hydroxylation is 1. The summed E-state index contributed by atoms with van der Waals surface area (Å²) in [6.45, 7) is 3.54. The van der Waals surface area contributed by atoms with Gasteiger partial charge in [-0.25, -0.2) is 0 Å². The minimum Gasteiger partial charge on any atom is -0.481 e. The van der Waals surface area contributed by atoms with Crippen LogP contribution in [0.2, 0.25) is 0 Å². The van der Waals surface area contributed by atoms with Crippen LogP contribution in [-0.4, -0.2) is 48.7 Å². The standard InChI is InChI=1S/C17H25NO4S/c1-3-14-10-13(11-23-14)15(19)18-8-4-6-17(12-18,16(20)21)7-5-9-22-2/h10-11H,3-9,12H2,1-2H3,(H,20,21)/t17-/m0/s1. The van der Waals surface area contributed by atoms with Gasteiger partial charge in [0.2, 0.25) is 0 Å². The molecular formula is C17H25NO4S. The number of rotatable bonds is 7. The Morgan fingerprint density at radius 3 is 2.87 bits per heavy atom. The highest BCUT2D eigenvalue weighted by atomic mass is 32.1. The molecule has 1 aromatic heterocycles. The fraction of sp³-hybridized carbons (Fsp3) is 0.647. The smallest absolute Gasteiger partial charge is 0.311 e. The van der Waals surface area contributed by atoms with E-state index in [4.69, 9.17) is 4.74 Å². The molecule has 1 amide bonds. The molecule has 23 heavy (non-hydrogen) atoms. The zero-order chi connectivity index (χ0) is 16.9. The molecule has 5 nitrogen and oxygen atoms in total. The Labute approximate surface area is 141 Å². The van der Waals surface area contributed by atoms with E-state index in [2.05, 4.69) is 6.92 Å². The molecule has 0 aromatic carbocycles. The maximum Gasteiger partial charge on any atom is 0.311 e. The van der Waals surface area contributed by atoms with Crippen LogP contribution in [0.15, 0.2) is 11.4 Å². The number of thiophene rings is 1.